The van der Waals surface area contributed by atoms with E-state index in [1.807, 2.05) is 55.2 Å². The molecule has 1 heterocycles. The van der Waals surface area contributed by atoms with E-state index in [1.54, 1.807) is 7.05 Å². The highest BCUT2D eigenvalue weighted by molar-refractivity contribution is 14.1. The summed E-state index contributed by atoms with van der Waals surface area (Å²) in [5, 5.41) is 3.75. The molecular formula is C12H21IN4O3. The quantitative estimate of drug-likeness (QED) is 0.712. The van der Waals surface area contributed by atoms with E-state index in [-0.39, 0.29) is 6.09 Å². The monoisotopic (exact) mass is 396 g/mol. The van der Waals surface area contributed by atoms with Gasteiger partial charge < -0.3 is 19.1 Å². The zero-order valence-corrected chi connectivity index (χ0v) is 14.7. The Labute approximate surface area is 132 Å². The van der Waals surface area contributed by atoms with Crippen LogP contribution >= 0.6 is 22.6 Å². The van der Waals surface area contributed by atoms with Crippen LogP contribution in [-0.4, -0.2) is 53.4 Å². The highest BCUT2D eigenvalue weighted by Gasteiger charge is 2.20. The van der Waals surface area contributed by atoms with E-state index in [0.29, 0.717) is 22.9 Å². The Hall–Kier alpha value is -1.06. The lowest BCUT2D eigenvalue weighted by atomic mass is 10.2. The van der Waals surface area contributed by atoms with Crippen molar-refractivity contribution in [3.8, 4) is 0 Å². The van der Waals surface area contributed by atoms with Crippen LogP contribution in [0.3, 0.4) is 0 Å². The number of halogens is 1. The molecule has 0 aliphatic heterocycles. The number of rotatable bonds is 5. The highest BCUT2D eigenvalue weighted by Crippen LogP contribution is 2.12. The maximum atomic E-state index is 11.8. The van der Waals surface area contributed by atoms with Crippen molar-refractivity contribution in [3.05, 3.63) is 3.83 Å². The molecule has 0 fully saturated rings. The lowest BCUT2D eigenvalue weighted by Gasteiger charge is -2.26. The molecule has 0 unspecified atom stereocenters. The van der Waals surface area contributed by atoms with Crippen molar-refractivity contribution in [2.45, 2.75) is 33.3 Å². The van der Waals surface area contributed by atoms with Crippen molar-refractivity contribution < 1.29 is 14.1 Å². The van der Waals surface area contributed by atoms with Crippen LogP contribution in [0, 0.1) is 3.83 Å². The number of nitrogens with zero attached hydrogens (tertiary/aromatic N) is 4. The van der Waals surface area contributed by atoms with Crippen LogP contribution in [0.5, 0.6) is 0 Å². The first-order valence-electron chi connectivity index (χ1n) is 6.41. The van der Waals surface area contributed by atoms with Crippen LogP contribution in [0.1, 0.15) is 27.7 Å². The number of carbonyl (C=O) groups excluding carboxylic acids is 1. The van der Waals surface area contributed by atoms with Gasteiger partial charge in [-0.25, -0.2) is 4.79 Å². The molecular weight excluding hydrogens is 375 g/mol. The van der Waals surface area contributed by atoms with Gasteiger partial charge in [-0.05, 0) is 32.9 Å². The number of amides is 1. The predicted molar refractivity (Wildman–Crippen MR) is 83.8 cm³/mol. The molecule has 0 bridgehead atoms. The Morgan fingerprint density at radius 1 is 1.40 bits per heavy atom. The molecule has 0 aromatic carbocycles. The topological polar surface area (TPSA) is 71.7 Å². The maximum Gasteiger partial charge on any atom is 0.410 e. The average molecular weight is 396 g/mol. The summed E-state index contributed by atoms with van der Waals surface area (Å²) >= 11 is 1.99. The Bertz CT molecular complexity index is 444. The van der Waals surface area contributed by atoms with Gasteiger partial charge in [0.2, 0.25) is 3.83 Å². The van der Waals surface area contributed by atoms with E-state index >= 15 is 0 Å². The number of aromatic nitrogens is 2. The molecule has 1 aromatic rings. The summed E-state index contributed by atoms with van der Waals surface area (Å²) in [4.78, 5) is 19.4. The van der Waals surface area contributed by atoms with Gasteiger partial charge in [0.1, 0.15) is 5.60 Å². The fourth-order valence-electron chi connectivity index (χ4n) is 1.42. The summed E-state index contributed by atoms with van der Waals surface area (Å²) in [6.07, 6.45) is -0.339. The minimum absolute atomic E-state index is 0.339. The minimum Gasteiger partial charge on any atom is -0.444 e. The van der Waals surface area contributed by atoms with E-state index in [4.69, 9.17) is 9.26 Å². The summed E-state index contributed by atoms with van der Waals surface area (Å²) in [6, 6.07) is 0.467. The van der Waals surface area contributed by atoms with Gasteiger partial charge in [0, 0.05) is 49.3 Å². The molecule has 0 aliphatic carbocycles. The normalized spacial score (nSPS) is 11.3. The van der Waals surface area contributed by atoms with E-state index < -0.39 is 5.60 Å². The second-order valence-electron chi connectivity index (χ2n) is 5.33. The molecule has 0 spiro atoms. The van der Waals surface area contributed by atoms with E-state index in [2.05, 4.69) is 10.1 Å². The molecule has 1 rings (SSSR count). The lowest BCUT2D eigenvalue weighted by Crippen LogP contribution is -2.39. The van der Waals surface area contributed by atoms with Crippen molar-refractivity contribution in [1.29, 1.82) is 0 Å². The lowest BCUT2D eigenvalue weighted by molar-refractivity contribution is 0.0303. The third-order valence-electron chi connectivity index (χ3n) is 2.45. The molecule has 0 N–H and O–H groups in total. The summed E-state index contributed by atoms with van der Waals surface area (Å²) in [6.45, 7) is 9.36. The SMILES string of the molecule is CCN(CCN(C)C(=O)OC(C)(C)C)c1nc(I)no1. The van der Waals surface area contributed by atoms with Gasteiger partial charge in [-0.1, -0.05) is 0 Å². The molecule has 0 saturated heterocycles. The van der Waals surface area contributed by atoms with Gasteiger partial charge in [-0.15, -0.1) is 0 Å². The molecule has 0 radical (unpaired) electrons. The van der Waals surface area contributed by atoms with Crippen LogP contribution in [0.4, 0.5) is 10.8 Å². The number of carbonyl (C=O) groups is 1. The first kappa shape index (κ1) is 17.0. The molecule has 0 aliphatic rings. The van der Waals surface area contributed by atoms with Gasteiger partial charge in [0.05, 0.1) is 0 Å². The van der Waals surface area contributed by atoms with Crippen molar-refractivity contribution in [1.82, 2.24) is 15.0 Å². The molecule has 1 amide bonds. The van der Waals surface area contributed by atoms with E-state index in [1.165, 1.54) is 4.90 Å². The van der Waals surface area contributed by atoms with Crippen LogP contribution in [0.15, 0.2) is 4.52 Å². The number of likely N-dealkylation sites (N-methyl/N-ethyl adjacent to an activating group) is 2. The first-order valence-corrected chi connectivity index (χ1v) is 7.49. The molecule has 7 nitrogen and oxygen atoms in total. The average Bonchev–Trinajstić information content (AvgIpc) is 2.74. The van der Waals surface area contributed by atoms with Crippen LogP contribution in [-0.2, 0) is 4.74 Å². The third-order valence-corrected chi connectivity index (χ3v) is 2.89. The second-order valence-corrected chi connectivity index (χ2v) is 6.29. The highest BCUT2D eigenvalue weighted by atomic mass is 127. The van der Waals surface area contributed by atoms with Crippen LogP contribution in [0.2, 0.25) is 0 Å². The Balaban J connectivity index is 2.50. The number of hydrogen-bond acceptors (Lipinski definition) is 6. The molecule has 20 heavy (non-hydrogen) atoms. The third kappa shape index (κ3) is 5.51. The smallest absolute Gasteiger partial charge is 0.410 e. The standard InChI is InChI=1S/C12H21IN4O3/c1-6-17(10-14-9(13)15-20-10)8-7-16(5)11(18)19-12(2,3)4/h6-8H2,1-5H3. The van der Waals surface area contributed by atoms with Crippen molar-refractivity contribution in [3.63, 3.8) is 0 Å². The second kappa shape index (κ2) is 7.09. The summed E-state index contributed by atoms with van der Waals surface area (Å²) in [5.41, 5.74) is -0.488. The zero-order chi connectivity index (χ0) is 15.3. The zero-order valence-electron chi connectivity index (χ0n) is 12.5. The van der Waals surface area contributed by atoms with Crippen LogP contribution < -0.4 is 4.90 Å². The maximum absolute atomic E-state index is 11.8. The number of ether oxygens (including phenoxy) is 1. The molecule has 114 valence electrons. The molecule has 1 aromatic heterocycles. The van der Waals surface area contributed by atoms with Crippen molar-refractivity contribution >= 4 is 34.7 Å². The fourth-order valence-corrected chi connectivity index (χ4v) is 1.72. The fraction of sp³-hybridized carbons (Fsp3) is 0.750. The van der Waals surface area contributed by atoms with Gasteiger partial charge in [-0.2, -0.15) is 4.98 Å². The Morgan fingerprint density at radius 2 is 2.05 bits per heavy atom. The van der Waals surface area contributed by atoms with Crippen LogP contribution in [0.25, 0.3) is 0 Å². The van der Waals surface area contributed by atoms with E-state index in [9.17, 15) is 4.79 Å². The number of anilines is 1. The molecule has 0 saturated carbocycles. The summed E-state index contributed by atoms with van der Waals surface area (Å²) in [5.74, 6) is 0. The molecule has 8 heteroatoms. The van der Waals surface area contributed by atoms with Crippen molar-refractivity contribution in [2.75, 3.05) is 31.6 Å². The van der Waals surface area contributed by atoms with Gasteiger partial charge in [-0.3, -0.25) is 0 Å². The Kier molecular flexibility index (Phi) is 6.03. The van der Waals surface area contributed by atoms with Gasteiger partial charge in [0.25, 0.3) is 0 Å². The van der Waals surface area contributed by atoms with Gasteiger partial charge in [0.15, 0.2) is 0 Å². The summed E-state index contributed by atoms with van der Waals surface area (Å²) in [7, 11) is 1.71. The van der Waals surface area contributed by atoms with E-state index in [0.717, 1.165) is 6.54 Å². The minimum atomic E-state index is -0.488. The largest absolute Gasteiger partial charge is 0.444 e. The number of hydrogen-bond donors (Lipinski definition) is 0. The van der Waals surface area contributed by atoms with Gasteiger partial charge >= 0.3 is 12.1 Å². The molecule has 0 atom stereocenters. The Morgan fingerprint density at radius 3 is 2.50 bits per heavy atom. The van der Waals surface area contributed by atoms with Crippen molar-refractivity contribution in [2.24, 2.45) is 0 Å². The first-order chi connectivity index (χ1) is 9.23. The predicted octanol–water partition coefficient (Wildman–Crippen LogP) is 2.37. The summed E-state index contributed by atoms with van der Waals surface area (Å²) < 4.78 is 11.0.